The molecular formula is C21H26N2O6. The van der Waals surface area contributed by atoms with E-state index in [1.807, 2.05) is 0 Å². The third kappa shape index (κ3) is 8.39. The summed E-state index contributed by atoms with van der Waals surface area (Å²) >= 11 is 0. The first-order valence-corrected chi connectivity index (χ1v) is 8.77. The Morgan fingerprint density at radius 3 is 2.31 bits per heavy atom. The molecule has 0 aliphatic rings. The third-order valence-electron chi connectivity index (χ3n) is 3.33. The summed E-state index contributed by atoms with van der Waals surface area (Å²) in [7, 11) is 1.16. The van der Waals surface area contributed by atoms with E-state index in [0.29, 0.717) is 5.75 Å². The lowest BCUT2D eigenvalue weighted by atomic mass is 10.1. The fourth-order valence-electron chi connectivity index (χ4n) is 2.02. The number of methoxy groups -OCH3 is 1. The van der Waals surface area contributed by atoms with Crippen molar-refractivity contribution in [3.8, 4) is 17.6 Å². The van der Waals surface area contributed by atoms with Crippen LogP contribution in [-0.2, 0) is 14.3 Å². The van der Waals surface area contributed by atoms with E-state index in [9.17, 15) is 14.4 Å². The van der Waals surface area contributed by atoms with Crippen molar-refractivity contribution < 1.29 is 28.6 Å². The van der Waals surface area contributed by atoms with E-state index >= 15 is 0 Å². The zero-order valence-electron chi connectivity index (χ0n) is 17.3. The number of ether oxygens (including phenoxy) is 3. The lowest BCUT2D eigenvalue weighted by Crippen LogP contribution is -2.47. The Hall–Kier alpha value is -3.47. The molecule has 0 saturated heterocycles. The molecule has 0 aliphatic heterocycles. The van der Waals surface area contributed by atoms with Gasteiger partial charge in [-0.25, -0.2) is 9.59 Å². The SMILES string of the molecule is C=C(NC(=O)OC(C)(C)C)[C@@H](NC(=O)c1ccc(OCC#CC)cc1)C(=O)OC. The zero-order chi connectivity index (χ0) is 22.0. The largest absolute Gasteiger partial charge is 0.481 e. The molecule has 0 bridgehead atoms. The van der Waals surface area contributed by atoms with E-state index in [1.54, 1.807) is 39.8 Å². The van der Waals surface area contributed by atoms with Crippen LogP contribution in [-0.4, -0.2) is 43.3 Å². The molecule has 1 rings (SSSR count). The molecule has 0 fully saturated rings. The number of esters is 1. The second kappa shape index (κ2) is 10.8. The van der Waals surface area contributed by atoms with Crippen molar-refractivity contribution in [2.24, 2.45) is 0 Å². The Balaban J connectivity index is 2.82. The van der Waals surface area contributed by atoms with Gasteiger partial charge in [0, 0.05) is 11.3 Å². The minimum absolute atomic E-state index is 0.0856. The number of amides is 2. The Bertz CT molecular complexity index is 812. The molecule has 2 amide bonds. The summed E-state index contributed by atoms with van der Waals surface area (Å²) in [5.74, 6) is 4.66. The average molecular weight is 402 g/mol. The van der Waals surface area contributed by atoms with Gasteiger partial charge in [0.05, 0.1) is 7.11 Å². The van der Waals surface area contributed by atoms with Crippen LogP contribution < -0.4 is 15.4 Å². The van der Waals surface area contributed by atoms with Gasteiger partial charge in [0.15, 0.2) is 6.04 Å². The van der Waals surface area contributed by atoms with Crippen molar-refractivity contribution in [3.05, 3.63) is 42.1 Å². The van der Waals surface area contributed by atoms with Gasteiger partial charge < -0.3 is 19.5 Å². The van der Waals surface area contributed by atoms with Crippen LogP contribution >= 0.6 is 0 Å². The molecule has 0 spiro atoms. The maximum atomic E-state index is 12.5. The highest BCUT2D eigenvalue weighted by atomic mass is 16.6. The minimum Gasteiger partial charge on any atom is -0.481 e. The monoisotopic (exact) mass is 402 g/mol. The van der Waals surface area contributed by atoms with Gasteiger partial charge in [-0.3, -0.25) is 10.1 Å². The number of hydrogen-bond acceptors (Lipinski definition) is 6. The molecule has 2 N–H and O–H groups in total. The summed E-state index contributed by atoms with van der Waals surface area (Å²) in [6.45, 7) is 10.7. The molecule has 0 aliphatic carbocycles. The summed E-state index contributed by atoms with van der Waals surface area (Å²) < 4.78 is 15.2. The van der Waals surface area contributed by atoms with E-state index in [4.69, 9.17) is 9.47 Å². The van der Waals surface area contributed by atoms with E-state index in [0.717, 1.165) is 7.11 Å². The Kier molecular flexibility index (Phi) is 8.74. The van der Waals surface area contributed by atoms with Gasteiger partial charge in [-0.15, -0.1) is 5.92 Å². The predicted molar refractivity (Wildman–Crippen MR) is 107 cm³/mol. The molecule has 1 atom stereocenters. The fraction of sp³-hybridized carbons (Fsp3) is 0.381. The van der Waals surface area contributed by atoms with Crippen LogP contribution in [0.1, 0.15) is 38.1 Å². The molecule has 8 nitrogen and oxygen atoms in total. The topological polar surface area (TPSA) is 103 Å². The quantitative estimate of drug-likeness (QED) is 0.536. The standard InChI is InChI=1S/C21H26N2O6/c1-7-8-13-28-16-11-9-15(10-12-16)18(24)23-17(19(25)27-6)14(2)22-20(26)29-21(3,4)5/h9-12,17H,2,13H2,1,3-6H3,(H,22,26)(H,23,24)/t17-/m1/s1. The molecule has 156 valence electrons. The van der Waals surface area contributed by atoms with Crippen molar-refractivity contribution in [1.82, 2.24) is 10.6 Å². The molecule has 1 aromatic carbocycles. The fourth-order valence-corrected chi connectivity index (χ4v) is 2.02. The number of benzene rings is 1. The summed E-state index contributed by atoms with van der Waals surface area (Å²) in [5, 5.41) is 4.82. The number of rotatable bonds is 7. The van der Waals surface area contributed by atoms with Crippen LogP contribution in [0, 0.1) is 11.8 Å². The highest BCUT2D eigenvalue weighted by molar-refractivity contribution is 5.97. The van der Waals surface area contributed by atoms with Crippen LogP contribution in [0.2, 0.25) is 0 Å². The van der Waals surface area contributed by atoms with Crippen LogP contribution in [0.3, 0.4) is 0 Å². The van der Waals surface area contributed by atoms with Gasteiger partial charge >= 0.3 is 12.1 Å². The van der Waals surface area contributed by atoms with E-state index in [-0.39, 0.29) is 17.9 Å². The van der Waals surface area contributed by atoms with Gasteiger partial charge in [-0.1, -0.05) is 12.5 Å². The van der Waals surface area contributed by atoms with Crippen molar-refractivity contribution in [1.29, 1.82) is 0 Å². The second-order valence-electron chi connectivity index (χ2n) is 6.82. The van der Waals surface area contributed by atoms with Crippen molar-refractivity contribution in [2.45, 2.75) is 39.3 Å². The summed E-state index contributed by atoms with van der Waals surface area (Å²) in [5.41, 5.74) is -0.545. The molecule has 0 heterocycles. The van der Waals surface area contributed by atoms with Crippen molar-refractivity contribution >= 4 is 18.0 Å². The highest BCUT2D eigenvalue weighted by Crippen LogP contribution is 2.13. The molecule has 8 heteroatoms. The molecule has 1 aromatic rings. The highest BCUT2D eigenvalue weighted by Gasteiger charge is 2.27. The maximum Gasteiger partial charge on any atom is 0.411 e. The van der Waals surface area contributed by atoms with Gasteiger partial charge in [-0.05, 0) is 52.0 Å². The first-order chi connectivity index (χ1) is 13.6. The third-order valence-corrected chi connectivity index (χ3v) is 3.33. The number of alkyl carbamates (subject to hydrolysis) is 1. The van der Waals surface area contributed by atoms with Gasteiger partial charge in [0.2, 0.25) is 0 Å². The molecule has 0 aromatic heterocycles. The number of hydrogen-bond donors (Lipinski definition) is 2. The Morgan fingerprint density at radius 2 is 1.79 bits per heavy atom. The molecule has 0 saturated carbocycles. The summed E-state index contributed by atoms with van der Waals surface area (Å²) in [4.78, 5) is 36.5. The smallest absolute Gasteiger partial charge is 0.411 e. The van der Waals surface area contributed by atoms with E-state index in [2.05, 4.69) is 33.8 Å². The Labute approximate surface area is 170 Å². The maximum absolute atomic E-state index is 12.5. The van der Waals surface area contributed by atoms with Crippen LogP contribution in [0.15, 0.2) is 36.5 Å². The molecule has 0 unspecified atom stereocenters. The average Bonchev–Trinajstić information content (AvgIpc) is 2.64. The van der Waals surface area contributed by atoms with Crippen molar-refractivity contribution in [3.63, 3.8) is 0 Å². The lowest BCUT2D eigenvalue weighted by Gasteiger charge is -2.23. The number of nitrogens with one attached hydrogen (secondary N) is 2. The molecule has 0 radical (unpaired) electrons. The van der Waals surface area contributed by atoms with E-state index in [1.165, 1.54) is 12.1 Å². The van der Waals surface area contributed by atoms with Crippen LogP contribution in [0.4, 0.5) is 4.79 Å². The predicted octanol–water partition coefficient (Wildman–Crippen LogP) is 2.40. The molecule has 29 heavy (non-hydrogen) atoms. The van der Waals surface area contributed by atoms with Crippen LogP contribution in [0.25, 0.3) is 0 Å². The zero-order valence-corrected chi connectivity index (χ0v) is 17.3. The summed E-state index contributed by atoms with van der Waals surface area (Å²) in [6.07, 6.45) is -0.803. The van der Waals surface area contributed by atoms with Crippen LogP contribution in [0.5, 0.6) is 5.75 Å². The van der Waals surface area contributed by atoms with Gasteiger partial charge in [-0.2, -0.15) is 0 Å². The summed E-state index contributed by atoms with van der Waals surface area (Å²) in [6, 6.07) is 4.97. The van der Waals surface area contributed by atoms with E-state index < -0.39 is 29.6 Å². The number of carbonyl (C=O) groups is 3. The molecular weight excluding hydrogens is 376 g/mol. The second-order valence-corrected chi connectivity index (χ2v) is 6.82. The first-order valence-electron chi connectivity index (χ1n) is 8.77. The van der Waals surface area contributed by atoms with Gasteiger partial charge in [0.25, 0.3) is 5.91 Å². The number of carbonyl (C=O) groups excluding carboxylic acids is 3. The van der Waals surface area contributed by atoms with Crippen molar-refractivity contribution in [2.75, 3.05) is 13.7 Å². The normalized spacial score (nSPS) is 11.2. The van der Waals surface area contributed by atoms with Gasteiger partial charge in [0.1, 0.15) is 18.0 Å². The lowest BCUT2D eigenvalue weighted by molar-refractivity contribution is -0.141. The Morgan fingerprint density at radius 1 is 1.17 bits per heavy atom. The first kappa shape index (κ1) is 23.6. The minimum atomic E-state index is -1.30.